The molecule has 5 rings (SSSR count). The molecule has 3 saturated heterocycles. The van der Waals surface area contributed by atoms with E-state index in [-0.39, 0.29) is 5.91 Å². The molecule has 5 heteroatoms. The number of carbonyl (C=O) groups is 1. The van der Waals surface area contributed by atoms with E-state index in [0.29, 0.717) is 33.5 Å². The number of rotatable bonds is 2. The van der Waals surface area contributed by atoms with E-state index in [9.17, 15) is 4.79 Å². The van der Waals surface area contributed by atoms with Gasteiger partial charge in [0.2, 0.25) is 0 Å². The Labute approximate surface area is 134 Å². The molecule has 1 aliphatic carbocycles. The van der Waals surface area contributed by atoms with Gasteiger partial charge in [-0.1, -0.05) is 23.2 Å². The van der Waals surface area contributed by atoms with Gasteiger partial charge in [-0.05, 0) is 48.8 Å². The van der Waals surface area contributed by atoms with E-state index < -0.39 is 0 Å². The van der Waals surface area contributed by atoms with Gasteiger partial charge in [0, 0.05) is 31.2 Å². The molecule has 4 aliphatic rings. The second-order valence-corrected chi connectivity index (χ2v) is 7.52. The summed E-state index contributed by atoms with van der Waals surface area (Å²) >= 11 is 11.9. The highest BCUT2D eigenvalue weighted by molar-refractivity contribution is 6.42. The summed E-state index contributed by atoms with van der Waals surface area (Å²) in [5, 5.41) is 4.17. The Hall–Kier alpha value is -0.770. The molecule has 1 saturated carbocycles. The highest BCUT2D eigenvalue weighted by atomic mass is 35.5. The third kappa shape index (κ3) is 2.45. The van der Waals surface area contributed by atoms with Crippen LogP contribution in [0.5, 0.6) is 0 Å². The van der Waals surface area contributed by atoms with Gasteiger partial charge in [0.05, 0.1) is 10.0 Å². The Morgan fingerprint density at radius 1 is 1.10 bits per heavy atom. The maximum Gasteiger partial charge on any atom is 0.251 e. The first-order valence-corrected chi connectivity index (χ1v) is 8.34. The van der Waals surface area contributed by atoms with Crippen molar-refractivity contribution < 1.29 is 4.79 Å². The summed E-state index contributed by atoms with van der Waals surface area (Å²) in [6, 6.07) is 5.39. The summed E-state index contributed by atoms with van der Waals surface area (Å²) in [6.45, 7) is 3.54. The zero-order valence-corrected chi connectivity index (χ0v) is 13.2. The van der Waals surface area contributed by atoms with E-state index in [1.807, 2.05) is 0 Å². The Morgan fingerprint density at radius 2 is 1.81 bits per heavy atom. The van der Waals surface area contributed by atoms with Gasteiger partial charge < -0.3 is 10.2 Å². The fourth-order valence-corrected chi connectivity index (χ4v) is 4.81. The molecule has 1 aromatic rings. The lowest BCUT2D eigenvalue weighted by atomic mass is 9.65. The molecule has 3 nitrogen and oxygen atoms in total. The summed E-state index contributed by atoms with van der Waals surface area (Å²) in [5.74, 6) is 2.05. The maximum atomic E-state index is 12.5. The summed E-state index contributed by atoms with van der Waals surface area (Å²) < 4.78 is 0. The number of nitrogens with zero attached hydrogens (tertiary/aromatic N) is 1. The molecule has 0 unspecified atom stereocenters. The Morgan fingerprint density at radius 3 is 2.43 bits per heavy atom. The molecule has 112 valence electrons. The van der Waals surface area contributed by atoms with Crippen molar-refractivity contribution in [1.82, 2.24) is 10.2 Å². The van der Waals surface area contributed by atoms with Crippen molar-refractivity contribution in [2.75, 3.05) is 19.6 Å². The molecule has 3 aliphatic heterocycles. The van der Waals surface area contributed by atoms with Crippen molar-refractivity contribution in [2.24, 2.45) is 17.8 Å². The van der Waals surface area contributed by atoms with Gasteiger partial charge in [0.1, 0.15) is 0 Å². The second kappa shape index (κ2) is 5.15. The summed E-state index contributed by atoms with van der Waals surface area (Å²) in [4.78, 5) is 15.0. The van der Waals surface area contributed by atoms with Crippen LogP contribution in [0.15, 0.2) is 18.2 Å². The first-order chi connectivity index (χ1) is 10.1. The zero-order valence-electron chi connectivity index (χ0n) is 11.7. The van der Waals surface area contributed by atoms with Crippen LogP contribution in [-0.4, -0.2) is 36.5 Å². The number of hydrogen-bond acceptors (Lipinski definition) is 2. The van der Waals surface area contributed by atoms with Crippen LogP contribution < -0.4 is 5.32 Å². The van der Waals surface area contributed by atoms with Crippen LogP contribution >= 0.6 is 23.2 Å². The Bertz CT molecular complexity index is 562. The van der Waals surface area contributed by atoms with Gasteiger partial charge in [-0.25, -0.2) is 0 Å². The lowest BCUT2D eigenvalue weighted by Gasteiger charge is -2.55. The van der Waals surface area contributed by atoms with Gasteiger partial charge in [0.25, 0.3) is 5.91 Å². The molecule has 21 heavy (non-hydrogen) atoms. The molecule has 1 amide bonds. The lowest BCUT2D eigenvalue weighted by Crippen LogP contribution is -2.64. The minimum absolute atomic E-state index is 0.0268. The van der Waals surface area contributed by atoms with E-state index in [0.717, 1.165) is 19.0 Å². The average molecular weight is 325 g/mol. The highest BCUT2D eigenvalue weighted by Crippen LogP contribution is 2.43. The molecule has 4 bridgehead atoms. The van der Waals surface area contributed by atoms with Crippen molar-refractivity contribution in [3.8, 4) is 0 Å². The van der Waals surface area contributed by atoms with E-state index in [2.05, 4.69) is 10.2 Å². The van der Waals surface area contributed by atoms with Crippen molar-refractivity contribution >= 4 is 29.1 Å². The average Bonchev–Trinajstić information content (AvgIpc) is 2.45. The number of piperidine rings is 3. The largest absolute Gasteiger partial charge is 0.349 e. The number of hydrogen-bond donors (Lipinski definition) is 1. The number of nitrogens with one attached hydrogen (secondary N) is 1. The Balaban J connectivity index is 1.50. The molecule has 0 aromatic heterocycles. The fourth-order valence-electron chi connectivity index (χ4n) is 4.52. The van der Waals surface area contributed by atoms with E-state index in [1.54, 1.807) is 18.2 Å². The van der Waals surface area contributed by atoms with E-state index in [1.165, 1.54) is 19.4 Å². The van der Waals surface area contributed by atoms with Crippen LogP contribution in [0.2, 0.25) is 10.0 Å². The number of amides is 1. The minimum atomic E-state index is -0.0268. The summed E-state index contributed by atoms with van der Waals surface area (Å²) in [5.41, 5.74) is 0.596. The molecule has 1 N–H and O–H groups in total. The van der Waals surface area contributed by atoms with Crippen LogP contribution in [0.4, 0.5) is 0 Å². The number of benzene rings is 1. The van der Waals surface area contributed by atoms with E-state index in [4.69, 9.17) is 23.2 Å². The van der Waals surface area contributed by atoms with Gasteiger partial charge in [-0.15, -0.1) is 0 Å². The van der Waals surface area contributed by atoms with Gasteiger partial charge in [-0.3, -0.25) is 4.79 Å². The van der Waals surface area contributed by atoms with Crippen molar-refractivity contribution in [2.45, 2.75) is 18.9 Å². The first-order valence-electron chi connectivity index (χ1n) is 7.58. The number of carbonyl (C=O) groups excluding carboxylic acids is 1. The smallest absolute Gasteiger partial charge is 0.251 e. The van der Waals surface area contributed by atoms with Gasteiger partial charge in [0.15, 0.2) is 0 Å². The predicted molar refractivity (Wildman–Crippen MR) is 83.9 cm³/mol. The molecular formula is C16H18Cl2N2O. The normalized spacial score (nSPS) is 36.8. The molecule has 1 aromatic carbocycles. The first kappa shape index (κ1) is 13.9. The molecule has 0 radical (unpaired) electrons. The van der Waals surface area contributed by atoms with E-state index >= 15 is 0 Å². The van der Waals surface area contributed by atoms with Crippen LogP contribution in [0, 0.1) is 17.8 Å². The second-order valence-electron chi connectivity index (χ2n) is 6.70. The third-order valence-electron chi connectivity index (χ3n) is 5.27. The SMILES string of the molecule is O=C(NC1[C@H]2CC3C[C@H]1CN(C3)C2)c1ccc(Cl)c(Cl)c1. The summed E-state index contributed by atoms with van der Waals surface area (Å²) in [6.07, 6.45) is 2.53. The van der Waals surface area contributed by atoms with Crippen molar-refractivity contribution in [3.05, 3.63) is 33.8 Å². The molecular weight excluding hydrogens is 307 g/mol. The fraction of sp³-hybridized carbons (Fsp3) is 0.562. The molecule has 3 heterocycles. The van der Waals surface area contributed by atoms with Gasteiger partial charge in [-0.2, -0.15) is 0 Å². The number of halogens is 2. The standard InChI is InChI=1S/C16H18Cl2N2O/c17-13-2-1-10(5-14(13)18)16(21)19-15-11-3-9-4-12(15)8-20(6-9)7-11/h1-2,5,9,11-12,15H,3-4,6-8H2,(H,19,21)/t9?,11-,12-,15?/m0/s1. The molecule has 4 fully saturated rings. The van der Waals surface area contributed by atoms with Crippen molar-refractivity contribution in [3.63, 3.8) is 0 Å². The quantitative estimate of drug-likeness (QED) is 0.906. The predicted octanol–water partition coefficient (Wildman–Crippen LogP) is 3.06. The molecule has 2 atom stereocenters. The summed E-state index contributed by atoms with van der Waals surface area (Å²) in [7, 11) is 0. The van der Waals surface area contributed by atoms with Gasteiger partial charge >= 0.3 is 0 Å². The zero-order chi connectivity index (χ0) is 14.6. The topological polar surface area (TPSA) is 32.3 Å². The lowest BCUT2D eigenvalue weighted by molar-refractivity contribution is -0.0418. The molecule has 0 spiro atoms. The van der Waals surface area contributed by atoms with Crippen LogP contribution in [0.25, 0.3) is 0 Å². The minimum Gasteiger partial charge on any atom is -0.349 e. The van der Waals surface area contributed by atoms with Crippen molar-refractivity contribution in [1.29, 1.82) is 0 Å². The third-order valence-corrected chi connectivity index (χ3v) is 6.01. The van der Waals surface area contributed by atoms with Crippen LogP contribution in [0.1, 0.15) is 23.2 Å². The monoisotopic (exact) mass is 324 g/mol. The van der Waals surface area contributed by atoms with Crippen LogP contribution in [0.3, 0.4) is 0 Å². The Kier molecular flexibility index (Phi) is 3.40. The highest BCUT2D eigenvalue weighted by Gasteiger charge is 2.47. The van der Waals surface area contributed by atoms with Crippen LogP contribution in [-0.2, 0) is 0 Å². The maximum absolute atomic E-state index is 12.5.